The molecular weight excluding hydrogens is 339 g/mol. The highest BCUT2D eigenvalue weighted by Crippen LogP contribution is 2.25. The van der Waals surface area contributed by atoms with Crippen LogP contribution in [0.1, 0.15) is 37.7 Å². The zero-order valence-electron chi connectivity index (χ0n) is 13.5. The summed E-state index contributed by atoms with van der Waals surface area (Å²) in [5.74, 6) is -1.56. The lowest BCUT2D eigenvalue weighted by atomic mass is 9.86. The maximum atomic E-state index is 12.1. The third-order valence-corrected chi connectivity index (χ3v) is 4.24. The molecule has 0 aromatic heterocycles. The molecule has 5 nitrogen and oxygen atoms in total. The normalized spacial score (nSPS) is 20.8. The van der Waals surface area contributed by atoms with E-state index in [1.54, 1.807) is 0 Å². The van der Waals surface area contributed by atoms with Crippen LogP contribution in [0.25, 0.3) is 0 Å². The van der Waals surface area contributed by atoms with Gasteiger partial charge in [0.2, 0.25) is 5.91 Å². The lowest BCUT2D eigenvalue weighted by Gasteiger charge is -2.26. The van der Waals surface area contributed by atoms with Crippen LogP contribution in [0.3, 0.4) is 0 Å². The number of nitrogens with one attached hydrogen (secondary N) is 1. The van der Waals surface area contributed by atoms with Crippen molar-refractivity contribution in [3.8, 4) is 5.75 Å². The van der Waals surface area contributed by atoms with E-state index in [1.165, 1.54) is 24.3 Å². The topological polar surface area (TPSA) is 75.6 Å². The number of hydrogen-bond acceptors (Lipinski definition) is 3. The van der Waals surface area contributed by atoms with Gasteiger partial charge in [0, 0.05) is 12.5 Å². The van der Waals surface area contributed by atoms with Gasteiger partial charge in [0.25, 0.3) is 0 Å². The number of halogens is 3. The van der Waals surface area contributed by atoms with Crippen LogP contribution in [-0.4, -0.2) is 29.4 Å². The van der Waals surface area contributed by atoms with E-state index >= 15 is 0 Å². The monoisotopic (exact) mass is 359 g/mol. The summed E-state index contributed by atoms with van der Waals surface area (Å²) < 4.78 is 40.0. The highest BCUT2D eigenvalue weighted by molar-refractivity contribution is 5.76. The first kappa shape index (κ1) is 19.1. The first-order chi connectivity index (χ1) is 11.7. The molecular formula is C17H20F3NO4. The second-order valence-corrected chi connectivity index (χ2v) is 6.15. The molecule has 8 heteroatoms. The van der Waals surface area contributed by atoms with Crippen molar-refractivity contribution in [1.29, 1.82) is 0 Å². The molecule has 0 spiro atoms. The quantitative estimate of drug-likeness (QED) is 0.817. The minimum atomic E-state index is -4.72. The predicted octanol–water partition coefficient (Wildman–Crippen LogP) is 3.28. The van der Waals surface area contributed by atoms with Crippen LogP contribution in [0.5, 0.6) is 5.75 Å². The van der Waals surface area contributed by atoms with Crippen molar-refractivity contribution in [3.63, 3.8) is 0 Å². The zero-order chi connectivity index (χ0) is 18.4. The number of carbonyl (C=O) groups is 2. The molecule has 1 aromatic carbocycles. The van der Waals surface area contributed by atoms with E-state index in [4.69, 9.17) is 5.11 Å². The van der Waals surface area contributed by atoms with Gasteiger partial charge in [0.05, 0.1) is 5.92 Å². The van der Waals surface area contributed by atoms with Gasteiger partial charge in [-0.15, -0.1) is 13.2 Å². The Bertz CT molecular complexity index is 593. The van der Waals surface area contributed by atoms with E-state index in [9.17, 15) is 22.8 Å². The molecule has 0 aliphatic heterocycles. The Balaban J connectivity index is 1.72. The van der Waals surface area contributed by atoms with E-state index < -0.39 is 12.3 Å². The number of aryl methyl sites for hydroxylation is 1. The van der Waals surface area contributed by atoms with Crippen LogP contribution >= 0.6 is 0 Å². The Kier molecular flexibility index (Phi) is 6.27. The van der Waals surface area contributed by atoms with E-state index in [0.29, 0.717) is 32.1 Å². The Morgan fingerprint density at radius 1 is 1.12 bits per heavy atom. The lowest BCUT2D eigenvalue weighted by molar-refractivity contribution is -0.274. The van der Waals surface area contributed by atoms with Crippen molar-refractivity contribution in [1.82, 2.24) is 5.32 Å². The lowest BCUT2D eigenvalue weighted by Crippen LogP contribution is -2.38. The molecule has 1 aliphatic carbocycles. The molecule has 0 unspecified atom stereocenters. The van der Waals surface area contributed by atoms with E-state index in [0.717, 1.165) is 5.56 Å². The molecule has 0 heterocycles. The number of ether oxygens (including phenoxy) is 1. The summed E-state index contributed by atoms with van der Waals surface area (Å²) in [6.45, 7) is 0. The van der Waals surface area contributed by atoms with Crippen molar-refractivity contribution in [2.75, 3.05) is 0 Å². The van der Waals surface area contributed by atoms with Crippen LogP contribution in [0.2, 0.25) is 0 Å². The predicted molar refractivity (Wildman–Crippen MR) is 83.0 cm³/mol. The number of carbonyl (C=O) groups excluding carboxylic acids is 1. The van der Waals surface area contributed by atoms with Crippen LogP contribution in [-0.2, 0) is 16.0 Å². The van der Waals surface area contributed by atoms with Gasteiger partial charge >= 0.3 is 12.3 Å². The third-order valence-electron chi connectivity index (χ3n) is 4.24. The molecule has 1 saturated carbocycles. The molecule has 2 N–H and O–H groups in total. The van der Waals surface area contributed by atoms with Crippen molar-refractivity contribution in [2.24, 2.45) is 5.92 Å². The second-order valence-electron chi connectivity index (χ2n) is 6.15. The Labute approximate surface area is 143 Å². The van der Waals surface area contributed by atoms with Crippen molar-refractivity contribution < 1.29 is 32.6 Å². The van der Waals surface area contributed by atoms with Crippen molar-refractivity contribution in [3.05, 3.63) is 29.8 Å². The van der Waals surface area contributed by atoms with Gasteiger partial charge in [0.15, 0.2) is 0 Å². The fourth-order valence-electron chi connectivity index (χ4n) is 2.90. The number of carboxylic acids is 1. The summed E-state index contributed by atoms with van der Waals surface area (Å²) in [6, 6.07) is 5.41. The van der Waals surface area contributed by atoms with Gasteiger partial charge in [-0.25, -0.2) is 0 Å². The standard InChI is InChI=1S/C17H20F3NO4/c18-17(19,20)25-14-8-1-11(2-9-14)3-10-15(22)21-13-6-4-12(5-7-13)16(23)24/h1-2,8-9,12-13H,3-7,10H2,(H,21,22)(H,23,24). The number of carboxylic acid groups (broad SMARTS) is 1. The second kappa shape index (κ2) is 8.22. The van der Waals surface area contributed by atoms with Gasteiger partial charge in [-0.2, -0.15) is 0 Å². The third kappa shape index (κ3) is 6.64. The molecule has 1 aromatic rings. The van der Waals surface area contributed by atoms with Crippen LogP contribution in [0, 0.1) is 5.92 Å². The summed E-state index contributed by atoms with van der Waals surface area (Å²) in [5.41, 5.74) is 0.735. The van der Waals surface area contributed by atoms with Gasteiger partial charge in [-0.1, -0.05) is 12.1 Å². The number of hydrogen-bond donors (Lipinski definition) is 2. The maximum Gasteiger partial charge on any atom is 0.573 e. The molecule has 0 atom stereocenters. The molecule has 0 bridgehead atoms. The number of aliphatic carboxylic acids is 1. The molecule has 1 aliphatic rings. The Morgan fingerprint density at radius 2 is 1.72 bits per heavy atom. The Morgan fingerprint density at radius 3 is 2.24 bits per heavy atom. The number of amides is 1. The first-order valence-electron chi connectivity index (χ1n) is 8.10. The average molecular weight is 359 g/mol. The number of rotatable bonds is 6. The van der Waals surface area contributed by atoms with Gasteiger partial charge < -0.3 is 15.2 Å². The Hall–Kier alpha value is -2.25. The number of benzene rings is 1. The van der Waals surface area contributed by atoms with Crippen molar-refractivity contribution in [2.45, 2.75) is 50.9 Å². The molecule has 2 rings (SSSR count). The van der Waals surface area contributed by atoms with Crippen LogP contribution in [0.15, 0.2) is 24.3 Å². The minimum Gasteiger partial charge on any atom is -0.481 e. The minimum absolute atomic E-state index is 0.00865. The molecule has 0 saturated heterocycles. The summed E-state index contributed by atoms with van der Waals surface area (Å²) >= 11 is 0. The zero-order valence-corrected chi connectivity index (χ0v) is 13.5. The van der Waals surface area contributed by atoms with Gasteiger partial charge in [-0.3, -0.25) is 9.59 Å². The number of alkyl halides is 3. The molecule has 138 valence electrons. The molecule has 0 radical (unpaired) electrons. The average Bonchev–Trinajstić information content (AvgIpc) is 2.53. The van der Waals surface area contributed by atoms with Crippen LogP contribution < -0.4 is 10.1 Å². The molecule has 1 fully saturated rings. The highest BCUT2D eigenvalue weighted by atomic mass is 19.4. The van der Waals surface area contributed by atoms with Gasteiger partial charge in [0.1, 0.15) is 5.75 Å². The first-order valence-corrected chi connectivity index (χ1v) is 8.10. The van der Waals surface area contributed by atoms with Crippen LogP contribution in [0.4, 0.5) is 13.2 Å². The summed E-state index contributed by atoms with van der Waals surface area (Å²) in [4.78, 5) is 22.8. The fourth-order valence-corrected chi connectivity index (χ4v) is 2.90. The molecule has 25 heavy (non-hydrogen) atoms. The summed E-state index contributed by atoms with van der Waals surface area (Å²) in [7, 11) is 0. The van der Waals surface area contributed by atoms with E-state index in [1.807, 2.05) is 0 Å². The molecule has 1 amide bonds. The SMILES string of the molecule is O=C(CCc1ccc(OC(F)(F)F)cc1)NC1CCC(C(=O)O)CC1. The highest BCUT2D eigenvalue weighted by Gasteiger charge is 2.31. The van der Waals surface area contributed by atoms with E-state index in [2.05, 4.69) is 10.1 Å². The smallest absolute Gasteiger partial charge is 0.481 e. The maximum absolute atomic E-state index is 12.1. The fraction of sp³-hybridized carbons (Fsp3) is 0.529. The largest absolute Gasteiger partial charge is 0.573 e. The summed E-state index contributed by atoms with van der Waals surface area (Å²) in [6.07, 6.45) is -1.69. The van der Waals surface area contributed by atoms with E-state index in [-0.39, 0.29) is 30.0 Å². The summed E-state index contributed by atoms with van der Waals surface area (Å²) in [5, 5.41) is 11.8. The van der Waals surface area contributed by atoms with Gasteiger partial charge in [-0.05, 0) is 49.8 Å². The van der Waals surface area contributed by atoms with Crippen molar-refractivity contribution >= 4 is 11.9 Å².